The highest BCUT2D eigenvalue weighted by Crippen LogP contribution is 2.33. The van der Waals surface area contributed by atoms with Gasteiger partial charge in [-0.3, -0.25) is 4.79 Å². The number of rotatable bonds is 7. The van der Waals surface area contributed by atoms with Crippen LogP contribution in [-0.2, 0) is 16.6 Å². The summed E-state index contributed by atoms with van der Waals surface area (Å²) in [6, 6.07) is 5.97. The van der Waals surface area contributed by atoms with Crippen LogP contribution in [0.25, 0.3) is 11.1 Å². The zero-order chi connectivity index (χ0) is 18.4. The van der Waals surface area contributed by atoms with E-state index in [0.717, 1.165) is 0 Å². The van der Waals surface area contributed by atoms with Gasteiger partial charge in [-0.2, -0.15) is 0 Å². The average molecular weight is 344 g/mol. The number of benzene rings is 1. The van der Waals surface area contributed by atoms with Gasteiger partial charge in [-0.25, -0.2) is 9.18 Å². The summed E-state index contributed by atoms with van der Waals surface area (Å²) in [5, 5.41) is 2.76. The standard InChI is InChI=1S/C19H21FN2O3/c1-4-6-10-16(23)21-17-15(13-8-7-9-14(20)11-13)12-22(3)18(17)19(24)25-5-2/h4,7-9,11-12H,1,5-6,10H2,2-3H3,(H,21,23). The molecule has 0 saturated carbocycles. The minimum absolute atomic E-state index is 0.211. The number of hydrogen-bond acceptors (Lipinski definition) is 3. The molecule has 2 rings (SSSR count). The number of halogens is 1. The zero-order valence-electron chi connectivity index (χ0n) is 14.3. The van der Waals surface area contributed by atoms with Gasteiger partial charge in [0.1, 0.15) is 5.82 Å². The molecular formula is C19H21FN2O3. The van der Waals surface area contributed by atoms with Crippen LogP contribution in [0.5, 0.6) is 0 Å². The molecule has 25 heavy (non-hydrogen) atoms. The second kappa shape index (κ2) is 8.28. The quantitative estimate of drug-likeness (QED) is 0.612. The fraction of sp³-hybridized carbons (Fsp3) is 0.263. The summed E-state index contributed by atoms with van der Waals surface area (Å²) in [7, 11) is 1.68. The lowest BCUT2D eigenvalue weighted by atomic mass is 10.1. The van der Waals surface area contributed by atoms with E-state index < -0.39 is 11.8 Å². The Labute approximate surface area is 146 Å². The van der Waals surface area contributed by atoms with Crippen molar-refractivity contribution >= 4 is 17.6 Å². The van der Waals surface area contributed by atoms with Crippen LogP contribution in [0.4, 0.5) is 10.1 Å². The van der Waals surface area contributed by atoms with Gasteiger partial charge in [0.2, 0.25) is 5.91 Å². The molecule has 0 aliphatic heterocycles. The van der Waals surface area contributed by atoms with Crippen LogP contribution in [0.3, 0.4) is 0 Å². The molecule has 0 radical (unpaired) electrons. The van der Waals surface area contributed by atoms with E-state index in [4.69, 9.17) is 4.74 Å². The molecule has 0 bridgehead atoms. The van der Waals surface area contributed by atoms with Crippen LogP contribution in [-0.4, -0.2) is 23.1 Å². The monoisotopic (exact) mass is 344 g/mol. The van der Waals surface area contributed by atoms with Gasteiger partial charge < -0.3 is 14.6 Å². The van der Waals surface area contributed by atoms with Crippen molar-refractivity contribution in [1.82, 2.24) is 4.57 Å². The van der Waals surface area contributed by atoms with Gasteiger partial charge in [0.05, 0.1) is 12.3 Å². The van der Waals surface area contributed by atoms with E-state index in [1.165, 1.54) is 12.1 Å². The molecule has 2 aromatic rings. The summed E-state index contributed by atoms with van der Waals surface area (Å²) in [4.78, 5) is 24.5. The Morgan fingerprint density at radius 3 is 2.80 bits per heavy atom. The molecule has 0 aliphatic rings. The Balaban J connectivity index is 2.51. The number of hydrogen-bond donors (Lipinski definition) is 1. The summed E-state index contributed by atoms with van der Waals surface area (Å²) in [5.74, 6) is -1.20. The van der Waals surface area contributed by atoms with Gasteiger partial charge in [-0.15, -0.1) is 6.58 Å². The van der Waals surface area contributed by atoms with Crippen molar-refractivity contribution in [2.75, 3.05) is 11.9 Å². The molecule has 1 amide bonds. The number of esters is 1. The van der Waals surface area contributed by atoms with Crippen molar-refractivity contribution in [1.29, 1.82) is 0 Å². The highest BCUT2D eigenvalue weighted by molar-refractivity contribution is 6.05. The van der Waals surface area contributed by atoms with Crippen molar-refractivity contribution < 1.29 is 18.7 Å². The lowest BCUT2D eigenvalue weighted by molar-refractivity contribution is -0.116. The third-order valence-corrected chi connectivity index (χ3v) is 3.63. The third kappa shape index (κ3) is 4.35. The maximum absolute atomic E-state index is 13.6. The lowest BCUT2D eigenvalue weighted by Gasteiger charge is -2.10. The molecule has 1 aromatic carbocycles. The highest BCUT2D eigenvalue weighted by Gasteiger charge is 2.24. The number of amides is 1. The first kappa shape index (κ1) is 18.4. The molecule has 0 unspecified atom stereocenters. The third-order valence-electron chi connectivity index (χ3n) is 3.63. The first-order valence-corrected chi connectivity index (χ1v) is 8.01. The summed E-state index contributed by atoms with van der Waals surface area (Å²) < 4.78 is 20.3. The van der Waals surface area contributed by atoms with E-state index in [0.29, 0.717) is 23.2 Å². The Kier molecular flexibility index (Phi) is 6.11. The fourth-order valence-electron chi connectivity index (χ4n) is 2.51. The number of nitrogens with zero attached hydrogens (tertiary/aromatic N) is 1. The van der Waals surface area contributed by atoms with Crippen LogP contribution in [0.1, 0.15) is 30.3 Å². The van der Waals surface area contributed by atoms with Crippen LogP contribution < -0.4 is 5.32 Å². The number of ether oxygens (including phenoxy) is 1. The number of anilines is 1. The van der Waals surface area contributed by atoms with Crippen molar-refractivity contribution in [2.24, 2.45) is 7.05 Å². The molecular weight excluding hydrogens is 323 g/mol. The predicted octanol–water partition coefficient (Wildman–Crippen LogP) is 3.91. The van der Waals surface area contributed by atoms with Crippen molar-refractivity contribution in [2.45, 2.75) is 19.8 Å². The Hall–Kier alpha value is -2.89. The first-order valence-electron chi connectivity index (χ1n) is 8.01. The summed E-state index contributed by atoms with van der Waals surface area (Å²) in [6.45, 7) is 5.51. The number of nitrogens with one attached hydrogen (secondary N) is 1. The van der Waals surface area contributed by atoms with Crippen LogP contribution in [0, 0.1) is 5.82 Å². The van der Waals surface area contributed by atoms with Crippen LogP contribution >= 0.6 is 0 Å². The molecule has 132 valence electrons. The minimum atomic E-state index is -0.549. The van der Waals surface area contributed by atoms with Gasteiger partial charge >= 0.3 is 5.97 Å². The molecule has 0 saturated heterocycles. The Bertz CT molecular complexity index is 796. The topological polar surface area (TPSA) is 60.3 Å². The van der Waals surface area contributed by atoms with E-state index in [-0.39, 0.29) is 24.6 Å². The van der Waals surface area contributed by atoms with E-state index in [1.54, 1.807) is 42.9 Å². The molecule has 1 N–H and O–H groups in total. The second-order valence-electron chi connectivity index (χ2n) is 5.48. The van der Waals surface area contributed by atoms with Gasteiger partial charge in [-0.1, -0.05) is 18.2 Å². The second-order valence-corrected chi connectivity index (χ2v) is 5.48. The minimum Gasteiger partial charge on any atom is -0.461 e. The molecule has 0 spiro atoms. The number of carbonyl (C=O) groups excluding carboxylic acids is 2. The van der Waals surface area contributed by atoms with E-state index in [2.05, 4.69) is 11.9 Å². The van der Waals surface area contributed by atoms with Gasteiger partial charge in [0, 0.05) is 25.2 Å². The van der Waals surface area contributed by atoms with Crippen molar-refractivity contribution in [3.05, 3.63) is 54.6 Å². The SMILES string of the molecule is C=CCCC(=O)Nc1c(-c2cccc(F)c2)cn(C)c1C(=O)OCC. The molecule has 6 heteroatoms. The smallest absolute Gasteiger partial charge is 0.357 e. The van der Waals surface area contributed by atoms with Crippen molar-refractivity contribution in [3.8, 4) is 11.1 Å². The van der Waals surface area contributed by atoms with Gasteiger partial charge in [0.15, 0.2) is 5.69 Å². The number of allylic oxidation sites excluding steroid dienone is 1. The average Bonchev–Trinajstić information content (AvgIpc) is 2.89. The van der Waals surface area contributed by atoms with Gasteiger partial charge in [-0.05, 0) is 31.0 Å². The molecule has 1 aromatic heterocycles. The molecule has 5 nitrogen and oxygen atoms in total. The summed E-state index contributed by atoms with van der Waals surface area (Å²) in [5.41, 5.74) is 1.65. The number of aromatic nitrogens is 1. The molecule has 1 heterocycles. The Morgan fingerprint density at radius 1 is 1.40 bits per heavy atom. The first-order chi connectivity index (χ1) is 12.0. The van der Waals surface area contributed by atoms with E-state index in [1.807, 2.05) is 0 Å². The molecule has 0 fully saturated rings. The highest BCUT2D eigenvalue weighted by atomic mass is 19.1. The predicted molar refractivity (Wildman–Crippen MR) is 94.8 cm³/mol. The maximum atomic E-state index is 13.6. The van der Waals surface area contributed by atoms with E-state index >= 15 is 0 Å². The Morgan fingerprint density at radius 2 is 2.16 bits per heavy atom. The summed E-state index contributed by atoms with van der Waals surface area (Å²) >= 11 is 0. The largest absolute Gasteiger partial charge is 0.461 e. The normalized spacial score (nSPS) is 10.4. The lowest BCUT2D eigenvalue weighted by Crippen LogP contribution is -2.17. The number of aryl methyl sites for hydroxylation is 1. The number of carbonyl (C=O) groups is 2. The zero-order valence-corrected chi connectivity index (χ0v) is 14.3. The fourth-order valence-corrected chi connectivity index (χ4v) is 2.51. The maximum Gasteiger partial charge on any atom is 0.357 e. The molecule has 0 aliphatic carbocycles. The van der Waals surface area contributed by atoms with E-state index in [9.17, 15) is 14.0 Å². The van der Waals surface area contributed by atoms with Crippen molar-refractivity contribution in [3.63, 3.8) is 0 Å². The molecule has 0 atom stereocenters. The van der Waals surface area contributed by atoms with Crippen LogP contribution in [0.15, 0.2) is 43.1 Å². The summed E-state index contributed by atoms with van der Waals surface area (Å²) in [6.07, 6.45) is 4.07. The van der Waals surface area contributed by atoms with Crippen LogP contribution in [0.2, 0.25) is 0 Å². The van der Waals surface area contributed by atoms with Gasteiger partial charge in [0.25, 0.3) is 0 Å².